The van der Waals surface area contributed by atoms with Crippen LogP contribution >= 0.6 is 0 Å². The second-order valence-electron chi connectivity index (χ2n) is 13.7. The van der Waals surface area contributed by atoms with Crippen molar-refractivity contribution in [3.05, 3.63) is 107 Å². The van der Waals surface area contributed by atoms with Crippen LogP contribution in [0.2, 0.25) is 0 Å². The lowest BCUT2D eigenvalue weighted by molar-refractivity contribution is 0.404. The second kappa shape index (κ2) is 17.2. The van der Waals surface area contributed by atoms with Crippen molar-refractivity contribution < 1.29 is 0 Å². The van der Waals surface area contributed by atoms with E-state index in [4.69, 9.17) is 0 Å². The van der Waals surface area contributed by atoms with E-state index in [1.807, 2.05) is 0 Å². The van der Waals surface area contributed by atoms with Gasteiger partial charge in [0.15, 0.2) is 0 Å². The van der Waals surface area contributed by atoms with Gasteiger partial charge in [-0.15, -0.1) is 0 Å². The fraction of sp³-hybridized carbons (Fsp3) is 0.538. The maximum atomic E-state index is 2.57. The summed E-state index contributed by atoms with van der Waals surface area (Å²) in [5.41, 5.74) is 6.47. The zero-order valence-corrected chi connectivity index (χ0v) is 27.8. The van der Waals surface area contributed by atoms with Gasteiger partial charge in [0.25, 0.3) is 14.1 Å². The van der Waals surface area contributed by atoms with Gasteiger partial charge in [0.1, 0.15) is 0 Å². The molecule has 0 aliphatic rings. The Balaban J connectivity index is 2.15. The van der Waals surface area contributed by atoms with E-state index in [0.29, 0.717) is 4.28 Å². The molecule has 0 fully saturated rings. The fourth-order valence-corrected chi connectivity index (χ4v) is 11.4. The minimum Gasteiger partial charge on any atom is -0.0681 e. The topological polar surface area (TPSA) is 0 Å². The van der Waals surface area contributed by atoms with Crippen LogP contribution < -0.4 is 0 Å². The molecule has 3 aromatic carbocycles. The molecule has 0 aliphatic carbocycles. The Morgan fingerprint density at radius 1 is 0.525 bits per heavy atom. The van der Waals surface area contributed by atoms with Crippen LogP contribution in [0.3, 0.4) is 0 Å². The molecule has 0 nitrogen and oxygen atoms in total. The second-order valence-corrected chi connectivity index (χ2v) is 17.1. The van der Waals surface area contributed by atoms with E-state index in [9.17, 15) is 0 Å². The highest BCUT2D eigenvalue weighted by molar-refractivity contribution is 6.61. The van der Waals surface area contributed by atoms with Crippen molar-refractivity contribution in [2.45, 2.75) is 114 Å². The maximum Gasteiger partial charge on any atom is 0.285 e. The van der Waals surface area contributed by atoms with Crippen LogP contribution in [0.1, 0.15) is 115 Å². The normalized spacial score (nSPS) is 12.0. The first-order chi connectivity index (χ1) is 19.3. The summed E-state index contributed by atoms with van der Waals surface area (Å²) < 4.78 is 0.309. The average Bonchev–Trinajstić information content (AvgIpc) is 2.93. The van der Waals surface area contributed by atoms with E-state index >= 15 is 0 Å². The zero-order valence-electron chi connectivity index (χ0n) is 26.7. The molecule has 3 rings (SSSR count). The van der Waals surface area contributed by atoms with E-state index in [1.54, 1.807) is 22.3 Å². The Morgan fingerprint density at radius 2 is 0.950 bits per heavy atom. The summed E-state index contributed by atoms with van der Waals surface area (Å²) in [5.74, 6) is 2.29. The fourth-order valence-electron chi connectivity index (χ4n) is 6.86. The molecule has 0 heterocycles. The minimum atomic E-state index is -1.37. The van der Waals surface area contributed by atoms with Crippen LogP contribution in [-0.4, -0.2) is 14.1 Å². The third-order valence-corrected chi connectivity index (χ3v) is 13.4. The first-order valence-corrected chi connectivity index (χ1v) is 18.7. The number of hydrogen-bond acceptors (Lipinski definition) is 0. The van der Waals surface area contributed by atoms with Gasteiger partial charge < -0.3 is 0 Å². The van der Waals surface area contributed by atoms with Crippen molar-refractivity contribution in [2.24, 2.45) is 17.8 Å². The molecule has 0 aromatic heterocycles. The Labute approximate surface area is 252 Å². The predicted molar refractivity (Wildman–Crippen MR) is 179 cm³/mol. The molecule has 0 saturated carbocycles. The van der Waals surface area contributed by atoms with Crippen LogP contribution in [-0.2, 0) is 21.3 Å². The highest BCUT2D eigenvalue weighted by atomic mass is 27.2. The summed E-state index contributed by atoms with van der Waals surface area (Å²) in [6.07, 6.45) is 11.9. The maximum absolute atomic E-state index is 2.57. The van der Waals surface area contributed by atoms with E-state index in [2.05, 4.69) is 126 Å². The average molecular weight is 553 g/mol. The van der Waals surface area contributed by atoms with E-state index < -0.39 is 14.1 Å². The molecule has 0 bridgehead atoms. The predicted octanol–water partition coefficient (Wildman–Crippen LogP) is 11.2. The number of hydrogen-bond donors (Lipinski definition) is 0. The van der Waals surface area contributed by atoms with E-state index in [1.165, 1.54) is 68.4 Å². The minimum absolute atomic E-state index is 0.309. The number of benzene rings is 3. The van der Waals surface area contributed by atoms with Crippen molar-refractivity contribution in [2.75, 3.05) is 0 Å². The summed E-state index contributed by atoms with van der Waals surface area (Å²) in [7, 11) is 0. The van der Waals surface area contributed by atoms with Gasteiger partial charge in [0.2, 0.25) is 0 Å². The summed E-state index contributed by atoms with van der Waals surface area (Å²) in [6, 6.07) is 32.7. The van der Waals surface area contributed by atoms with Gasteiger partial charge in [-0.2, -0.15) is 0 Å². The van der Waals surface area contributed by atoms with Gasteiger partial charge in [-0.3, -0.25) is 0 Å². The third-order valence-electron chi connectivity index (χ3n) is 9.02. The smallest absolute Gasteiger partial charge is 0.0681 e. The molecule has 0 spiro atoms. The lowest BCUT2D eigenvalue weighted by Gasteiger charge is -2.42. The van der Waals surface area contributed by atoms with Crippen molar-refractivity contribution in [3.63, 3.8) is 0 Å². The molecule has 1 heteroatoms. The quantitative estimate of drug-likeness (QED) is 0.138. The highest BCUT2D eigenvalue weighted by Crippen LogP contribution is 2.43. The molecule has 0 radical (unpaired) electrons. The molecular formula is C39H57Al. The Hall–Kier alpha value is -1.81. The summed E-state index contributed by atoms with van der Waals surface area (Å²) >= 11 is -1.37. The van der Waals surface area contributed by atoms with Crippen LogP contribution in [0.25, 0.3) is 0 Å². The molecule has 0 atom stereocenters. The standard InChI is InChI=1S/C25H43.2C7H7.Al/c1-20(2)12-9-16-23-15-7-8-19-25(23)24(17-10-13-21(3)4)18-11-14-22(5)6;2*1-7-5-3-2-4-6-7;/h7-8,15,19-22H,9-14,16-18H2,1-6H3;2*2-6H,1H2;. The molecule has 3 aromatic rings. The Kier molecular flexibility index (Phi) is 14.1. The number of aryl methyl sites for hydroxylation is 1. The van der Waals surface area contributed by atoms with Gasteiger partial charge in [-0.25, -0.2) is 0 Å². The third kappa shape index (κ3) is 10.5. The summed E-state index contributed by atoms with van der Waals surface area (Å²) in [5, 5.41) is 2.55. The summed E-state index contributed by atoms with van der Waals surface area (Å²) in [4.78, 5) is 0. The molecule has 0 N–H and O–H groups in total. The van der Waals surface area contributed by atoms with Crippen LogP contribution in [0, 0.1) is 17.8 Å². The van der Waals surface area contributed by atoms with Gasteiger partial charge in [0, 0.05) is 0 Å². The largest absolute Gasteiger partial charge is 0.285 e. The Bertz CT molecular complexity index is 1010. The monoisotopic (exact) mass is 552 g/mol. The number of rotatable bonds is 18. The Morgan fingerprint density at radius 3 is 1.43 bits per heavy atom. The van der Waals surface area contributed by atoms with Crippen LogP contribution in [0.5, 0.6) is 0 Å². The zero-order chi connectivity index (χ0) is 28.8. The SMILES string of the molecule is CC(C)CCCc1ccccc1[C](CCCC(C)C)(CCCC(C)C)[Al]([CH2]c1ccccc1)[CH2]c1ccccc1. The van der Waals surface area contributed by atoms with Gasteiger partial charge in [-0.1, -0.05) is 199 Å². The van der Waals surface area contributed by atoms with Gasteiger partial charge >= 0.3 is 0 Å². The van der Waals surface area contributed by atoms with Crippen molar-refractivity contribution in [1.29, 1.82) is 0 Å². The highest BCUT2D eigenvalue weighted by Gasteiger charge is 2.44. The van der Waals surface area contributed by atoms with E-state index in [-0.39, 0.29) is 0 Å². The molecule has 216 valence electrons. The van der Waals surface area contributed by atoms with E-state index in [0.717, 1.165) is 17.8 Å². The molecular weight excluding hydrogens is 495 g/mol. The van der Waals surface area contributed by atoms with Crippen molar-refractivity contribution in [1.82, 2.24) is 0 Å². The first-order valence-electron chi connectivity index (χ1n) is 16.5. The first kappa shape index (κ1) is 32.7. The molecule has 0 unspecified atom stereocenters. The molecule has 0 saturated heterocycles. The van der Waals surface area contributed by atoms with Crippen molar-refractivity contribution >= 4 is 14.1 Å². The lowest BCUT2D eigenvalue weighted by Crippen LogP contribution is -2.48. The van der Waals surface area contributed by atoms with Crippen LogP contribution in [0.15, 0.2) is 84.9 Å². The van der Waals surface area contributed by atoms with Gasteiger partial charge in [-0.05, 0) is 40.4 Å². The summed E-state index contributed by atoms with van der Waals surface area (Å²) in [6.45, 7) is 14.4. The lowest BCUT2D eigenvalue weighted by atomic mass is 9.82. The van der Waals surface area contributed by atoms with Crippen LogP contribution in [0.4, 0.5) is 0 Å². The molecule has 0 aliphatic heterocycles. The van der Waals surface area contributed by atoms with Gasteiger partial charge in [0.05, 0.1) is 0 Å². The van der Waals surface area contributed by atoms with Crippen molar-refractivity contribution in [3.8, 4) is 0 Å². The molecule has 0 amide bonds. The molecule has 40 heavy (non-hydrogen) atoms.